The maximum absolute atomic E-state index is 12.0. The Hall–Kier alpha value is -1.47. The van der Waals surface area contributed by atoms with Gasteiger partial charge in [-0.3, -0.25) is 4.79 Å². The van der Waals surface area contributed by atoms with Gasteiger partial charge in [0.25, 0.3) is 0 Å². The van der Waals surface area contributed by atoms with Crippen molar-refractivity contribution in [3.63, 3.8) is 0 Å². The van der Waals surface area contributed by atoms with E-state index >= 15 is 0 Å². The van der Waals surface area contributed by atoms with Gasteiger partial charge >= 0.3 is 0 Å². The van der Waals surface area contributed by atoms with Crippen molar-refractivity contribution in [2.75, 3.05) is 39.8 Å². The van der Waals surface area contributed by atoms with Gasteiger partial charge in [0.15, 0.2) is 5.82 Å². The molecule has 0 saturated carbocycles. The molecule has 0 bridgehead atoms. The van der Waals surface area contributed by atoms with Gasteiger partial charge in [-0.05, 0) is 14.0 Å². The number of amides is 1. The maximum atomic E-state index is 12.0. The standard InChI is InChI=1S/C14H25N5O2/c1-4-12-16-14(21-17-12)11(2)15-13(20)5-6-19-9-7-18(3)8-10-19/h11H,4-10H2,1-3H3,(H,15,20). The fourth-order valence-corrected chi connectivity index (χ4v) is 2.29. The number of carbonyl (C=O) groups is 1. The zero-order chi connectivity index (χ0) is 15.2. The van der Waals surface area contributed by atoms with Crippen LogP contribution in [0.3, 0.4) is 0 Å². The predicted molar refractivity (Wildman–Crippen MR) is 78.8 cm³/mol. The van der Waals surface area contributed by atoms with Crippen LogP contribution >= 0.6 is 0 Å². The fraction of sp³-hybridized carbons (Fsp3) is 0.786. The summed E-state index contributed by atoms with van der Waals surface area (Å²) >= 11 is 0. The lowest BCUT2D eigenvalue weighted by Crippen LogP contribution is -2.45. The number of nitrogens with zero attached hydrogens (tertiary/aromatic N) is 4. The van der Waals surface area contributed by atoms with E-state index in [-0.39, 0.29) is 11.9 Å². The van der Waals surface area contributed by atoms with Crippen LogP contribution in [-0.4, -0.2) is 65.6 Å². The van der Waals surface area contributed by atoms with Crippen LogP contribution in [0.5, 0.6) is 0 Å². The Labute approximate surface area is 125 Å². The van der Waals surface area contributed by atoms with Gasteiger partial charge in [0.05, 0.1) is 0 Å². The molecule has 1 fully saturated rings. The van der Waals surface area contributed by atoms with Gasteiger partial charge in [-0.25, -0.2) is 0 Å². The summed E-state index contributed by atoms with van der Waals surface area (Å²) in [6.45, 7) is 8.83. The lowest BCUT2D eigenvalue weighted by Gasteiger charge is -2.32. The van der Waals surface area contributed by atoms with E-state index in [0.29, 0.717) is 18.1 Å². The third-order valence-electron chi connectivity index (χ3n) is 3.80. The molecule has 1 aromatic rings. The van der Waals surface area contributed by atoms with E-state index in [1.54, 1.807) is 0 Å². The Bertz CT molecular complexity index is 454. The third kappa shape index (κ3) is 4.78. The summed E-state index contributed by atoms with van der Waals surface area (Å²) in [5.41, 5.74) is 0. The van der Waals surface area contributed by atoms with Gasteiger partial charge in [-0.2, -0.15) is 4.98 Å². The minimum absolute atomic E-state index is 0.0256. The molecule has 0 radical (unpaired) electrons. The first-order valence-electron chi connectivity index (χ1n) is 7.61. The first kappa shape index (κ1) is 15.9. The number of aryl methyl sites for hydroxylation is 1. The highest BCUT2D eigenvalue weighted by molar-refractivity contribution is 5.76. The second-order valence-corrected chi connectivity index (χ2v) is 5.59. The topological polar surface area (TPSA) is 74.5 Å². The van der Waals surface area contributed by atoms with Gasteiger partial charge < -0.3 is 19.6 Å². The van der Waals surface area contributed by atoms with Crippen molar-refractivity contribution in [2.24, 2.45) is 0 Å². The van der Waals surface area contributed by atoms with Crippen LogP contribution < -0.4 is 5.32 Å². The van der Waals surface area contributed by atoms with Crippen LogP contribution in [0.15, 0.2) is 4.52 Å². The molecule has 2 rings (SSSR count). The lowest BCUT2D eigenvalue weighted by atomic mass is 10.2. The average molecular weight is 295 g/mol. The van der Waals surface area contributed by atoms with Crippen LogP contribution in [0.25, 0.3) is 0 Å². The van der Waals surface area contributed by atoms with Crippen LogP contribution in [0.4, 0.5) is 0 Å². The normalized spacial score (nSPS) is 18.6. The molecule has 1 aromatic heterocycles. The number of carbonyl (C=O) groups excluding carboxylic acids is 1. The molecule has 1 amide bonds. The zero-order valence-electron chi connectivity index (χ0n) is 13.1. The van der Waals surface area contributed by atoms with Crippen LogP contribution in [0, 0.1) is 0 Å². The summed E-state index contributed by atoms with van der Waals surface area (Å²) in [5, 5.41) is 6.75. The van der Waals surface area contributed by atoms with Gasteiger partial charge in [0.1, 0.15) is 6.04 Å². The maximum Gasteiger partial charge on any atom is 0.248 e. The van der Waals surface area contributed by atoms with Crippen molar-refractivity contribution >= 4 is 5.91 Å². The molecular weight excluding hydrogens is 270 g/mol. The highest BCUT2D eigenvalue weighted by Gasteiger charge is 2.18. The summed E-state index contributed by atoms with van der Waals surface area (Å²) in [6, 6.07) is -0.238. The lowest BCUT2D eigenvalue weighted by molar-refractivity contribution is -0.122. The molecule has 118 valence electrons. The summed E-state index contributed by atoms with van der Waals surface area (Å²) in [4.78, 5) is 20.8. The van der Waals surface area contributed by atoms with Crippen molar-refractivity contribution in [3.8, 4) is 0 Å². The molecule has 0 aliphatic carbocycles. The third-order valence-corrected chi connectivity index (χ3v) is 3.80. The monoisotopic (exact) mass is 295 g/mol. The molecule has 7 nitrogen and oxygen atoms in total. The van der Waals surface area contributed by atoms with Crippen LogP contribution in [0.2, 0.25) is 0 Å². The number of rotatable bonds is 6. The van der Waals surface area contributed by atoms with Crippen LogP contribution in [0.1, 0.15) is 38.0 Å². The fourth-order valence-electron chi connectivity index (χ4n) is 2.29. The number of likely N-dealkylation sites (N-methyl/N-ethyl adjacent to an activating group) is 1. The number of piperazine rings is 1. The van der Waals surface area contributed by atoms with Crippen molar-refractivity contribution in [1.29, 1.82) is 0 Å². The summed E-state index contributed by atoms with van der Waals surface area (Å²) in [6.07, 6.45) is 1.23. The second-order valence-electron chi connectivity index (χ2n) is 5.59. The van der Waals surface area contributed by atoms with Crippen molar-refractivity contribution in [2.45, 2.75) is 32.7 Å². The van der Waals surface area contributed by atoms with E-state index in [9.17, 15) is 4.79 Å². The van der Waals surface area contributed by atoms with E-state index in [2.05, 4.69) is 32.3 Å². The van der Waals surface area contributed by atoms with E-state index < -0.39 is 0 Å². The molecule has 2 heterocycles. The zero-order valence-corrected chi connectivity index (χ0v) is 13.1. The molecule has 0 aromatic carbocycles. The molecule has 1 N–H and O–H groups in total. The van der Waals surface area contributed by atoms with Gasteiger partial charge in [-0.1, -0.05) is 12.1 Å². The van der Waals surface area contributed by atoms with Gasteiger partial charge in [-0.15, -0.1) is 0 Å². The Morgan fingerprint density at radius 3 is 2.71 bits per heavy atom. The molecule has 1 aliphatic rings. The summed E-state index contributed by atoms with van der Waals surface area (Å²) in [5.74, 6) is 1.17. The molecule has 1 saturated heterocycles. The number of aromatic nitrogens is 2. The Kier molecular flexibility index (Phi) is 5.69. The Balaban J connectivity index is 1.71. The van der Waals surface area contributed by atoms with Gasteiger partial charge in [0.2, 0.25) is 11.8 Å². The smallest absolute Gasteiger partial charge is 0.248 e. The average Bonchev–Trinajstić information content (AvgIpc) is 2.96. The van der Waals surface area contributed by atoms with E-state index in [1.165, 1.54) is 0 Å². The minimum atomic E-state index is -0.238. The Morgan fingerprint density at radius 1 is 1.38 bits per heavy atom. The summed E-state index contributed by atoms with van der Waals surface area (Å²) < 4.78 is 5.13. The number of hydrogen-bond acceptors (Lipinski definition) is 6. The highest BCUT2D eigenvalue weighted by Crippen LogP contribution is 2.10. The molecular formula is C14H25N5O2. The van der Waals surface area contributed by atoms with Crippen molar-refractivity contribution in [1.82, 2.24) is 25.3 Å². The van der Waals surface area contributed by atoms with Gasteiger partial charge in [0, 0.05) is 45.6 Å². The second kappa shape index (κ2) is 7.51. The summed E-state index contributed by atoms with van der Waals surface area (Å²) in [7, 11) is 2.13. The predicted octanol–water partition coefficient (Wildman–Crippen LogP) is 0.447. The van der Waals surface area contributed by atoms with Crippen molar-refractivity contribution < 1.29 is 9.32 Å². The molecule has 0 spiro atoms. The van der Waals surface area contributed by atoms with E-state index in [0.717, 1.165) is 39.1 Å². The van der Waals surface area contributed by atoms with Crippen molar-refractivity contribution in [3.05, 3.63) is 11.7 Å². The Morgan fingerprint density at radius 2 is 2.10 bits per heavy atom. The number of nitrogens with one attached hydrogen (secondary N) is 1. The SMILES string of the molecule is CCc1noc(C(C)NC(=O)CCN2CCN(C)CC2)n1. The number of hydrogen-bond donors (Lipinski definition) is 1. The van der Waals surface area contributed by atoms with E-state index in [4.69, 9.17) is 4.52 Å². The first-order valence-corrected chi connectivity index (χ1v) is 7.61. The molecule has 7 heteroatoms. The largest absolute Gasteiger partial charge is 0.345 e. The first-order chi connectivity index (χ1) is 10.1. The highest BCUT2D eigenvalue weighted by atomic mass is 16.5. The molecule has 1 unspecified atom stereocenters. The van der Waals surface area contributed by atoms with Crippen LogP contribution in [-0.2, 0) is 11.2 Å². The molecule has 21 heavy (non-hydrogen) atoms. The minimum Gasteiger partial charge on any atom is -0.345 e. The molecule has 1 atom stereocenters. The van der Waals surface area contributed by atoms with E-state index in [1.807, 2.05) is 13.8 Å². The quantitative estimate of drug-likeness (QED) is 0.821. The molecule has 1 aliphatic heterocycles.